The number of ether oxygens (including phenoxy) is 1. The van der Waals surface area contributed by atoms with Crippen LogP contribution >= 0.6 is 0 Å². The average Bonchev–Trinajstić information content (AvgIpc) is 2.74. The summed E-state index contributed by atoms with van der Waals surface area (Å²) in [4.78, 5) is 23.9. The lowest BCUT2D eigenvalue weighted by Gasteiger charge is -2.23. The highest BCUT2D eigenvalue weighted by atomic mass is 16.5. The van der Waals surface area contributed by atoms with Crippen molar-refractivity contribution in [2.24, 2.45) is 5.92 Å². The third kappa shape index (κ3) is 6.91. The minimum atomic E-state index is -1.02. The van der Waals surface area contributed by atoms with Gasteiger partial charge in [0.15, 0.2) is 0 Å². The van der Waals surface area contributed by atoms with Crippen LogP contribution in [0.25, 0.3) is 0 Å². The minimum absolute atomic E-state index is 0.188. The van der Waals surface area contributed by atoms with Gasteiger partial charge in [0, 0.05) is 12.8 Å². The van der Waals surface area contributed by atoms with E-state index in [2.05, 4.69) is 10.6 Å². The molecule has 1 saturated heterocycles. The van der Waals surface area contributed by atoms with E-state index >= 15 is 0 Å². The van der Waals surface area contributed by atoms with E-state index in [4.69, 9.17) is 4.74 Å². The van der Waals surface area contributed by atoms with Crippen molar-refractivity contribution in [3.8, 4) is 5.75 Å². The molecule has 0 bridgehead atoms. The summed E-state index contributed by atoms with van der Waals surface area (Å²) in [6.07, 6.45) is 2.54. The highest BCUT2D eigenvalue weighted by Gasteiger charge is 2.23. The normalized spacial score (nSPS) is 15.4. The summed E-state index contributed by atoms with van der Waals surface area (Å²) in [5.74, 6) is -0.161. The summed E-state index contributed by atoms with van der Waals surface area (Å²) in [6, 6.07) is 16.3. The quantitative estimate of drug-likeness (QED) is 0.607. The molecule has 2 aromatic rings. The Morgan fingerprint density at radius 2 is 1.72 bits per heavy atom. The Labute approximate surface area is 171 Å². The summed E-state index contributed by atoms with van der Waals surface area (Å²) < 4.78 is 5.76. The first-order chi connectivity index (χ1) is 14.1. The van der Waals surface area contributed by atoms with Crippen molar-refractivity contribution in [3.63, 3.8) is 0 Å². The zero-order valence-corrected chi connectivity index (χ0v) is 16.5. The molecule has 2 aromatic carbocycles. The molecule has 1 aliphatic rings. The van der Waals surface area contributed by atoms with Crippen LogP contribution in [0, 0.1) is 5.92 Å². The monoisotopic (exact) mass is 396 g/mol. The number of nitrogens with one attached hydrogen (secondary N) is 2. The zero-order valence-electron chi connectivity index (χ0n) is 16.5. The van der Waals surface area contributed by atoms with Crippen LogP contribution in [0.3, 0.4) is 0 Å². The molecule has 0 aromatic heterocycles. The molecular formula is C23H28N2O4. The van der Waals surface area contributed by atoms with Crippen LogP contribution in [-0.2, 0) is 22.6 Å². The summed E-state index contributed by atoms with van der Waals surface area (Å²) in [5.41, 5.74) is 1.92. The van der Waals surface area contributed by atoms with E-state index in [1.807, 2.05) is 54.6 Å². The van der Waals surface area contributed by atoms with Gasteiger partial charge in [-0.25, -0.2) is 4.79 Å². The van der Waals surface area contributed by atoms with Gasteiger partial charge in [-0.05, 0) is 55.1 Å². The molecule has 29 heavy (non-hydrogen) atoms. The number of carboxylic acid groups (broad SMARTS) is 1. The summed E-state index contributed by atoms with van der Waals surface area (Å²) >= 11 is 0. The summed E-state index contributed by atoms with van der Waals surface area (Å²) in [6.45, 7) is 2.31. The second-order valence-corrected chi connectivity index (χ2v) is 7.48. The van der Waals surface area contributed by atoms with Gasteiger partial charge >= 0.3 is 5.97 Å². The molecule has 6 nitrogen and oxygen atoms in total. The number of carboxylic acids is 1. The van der Waals surface area contributed by atoms with E-state index in [1.165, 1.54) is 0 Å². The van der Waals surface area contributed by atoms with Gasteiger partial charge in [-0.3, -0.25) is 4.79 Å². The van der Waals surface area contributed by atoms with E-state index in [9.17, 15) is 14.7 Å². The maximum absolute atomic E-state index is 12.3. The predicted octanol–water partition coefficient (Wildman–Crippen LogP) is 2.77. The van der Waals surface area contributed by atoms with Crippen LogP contribution in [0.5, 0.6) is 5.75 Å². The van der Waals surface area contributed by atoms with Crippen molar-refractivity contribution < 1.29 is 19.4 Å². The SMILES string of the molecule is O=C(CC1CCNCC1)N[C@@H](Cc1ccc(OCc2ccccc2)cc1)C(=O)O. The number of piperidine rings is 1. The van der Waals surface area contributed by atoms with Gasteiger partial charge in [0.1, 0.15) is 18.4 Å². The third-order valence-electron chi connectivity index (χ3n) is 5.18. The molecule has 0 saturated carbocycles. The molecule has 3 rings (SSSR count). The maximum Gasteiger partial charge on any atom is 0.326 e. The van der Waals surface area contributed by atoms with Crippen molar-refractivity contribution in [1.29, 1.82) is 0 Å². The van der Waals surface area contributed by atoms with E-state index in [0.29, 0.717) is 18.9 Å². The molecule has 154 valence electrons. The Kier molecular flexibility index (Phi) is 7.64. The van der Waals surface area contributed by atoms with Gasteiger partial charge in [-0.1, -0.05) is 42.5 Å². The van der Waals surface area contributed by atoms with Crippen molar-refractivity contribution in [2.75, 3.05) is 13.1 Å². The highest BCUT2D eigenvalue weighted by Crippen LogP contribution is 2.17. The first kappa shape index (κ1) is 20.9. The largest absolute Gasteiger partial charge is 0.489 e. The number of carbonyl (C=O) groups is 2. The van der Waals surface area contributed by atoms with Gasteiger partial charge in [-0.15, -0.1) is 0 Å². The highest BCUT2D eigenvalue weighted by molar-refractivity contribution is 5.83. The molecule has 6 heteroatoms. The van der Waals surface area contributed by atoms with E-state index in [0.717, 1.165) is 42.8 Å². The standard InChI is InChI=1S/C23H28N2O4/c26-22(15-18-10-12-24-13-11-18)25-21(23(27)28)14-17-6-8-20(9-7-17)29-16-19-4-2-1-3-5-19/h1-9,18,21,24H,10-16H2,(H,25,26)(H,27,28)/t21-/m0/s1. The number of carbonyl (C=O) groups excluding carboxylic acids is 1. The fourth-order valence-corrected chi connectivity index (χ4v) is 3.50. The Morgan fingerprint density at radius 3 is 2.38 bits per heavy atom. The van der Waals surface area contributed by atoms with Gasteiger partial charge in [-0.2, -0.15) is 0 Å². The number of hydrogen-bond donors (Lipinski definition) is 3. The molecule has 1 amide bonds. The Hall–Kier alpha value is -2.86. The third-order valence-corrected chi connectivity index (χ3v) is 5.18. The molecule has 0 spiro atoms. The fourth-order valence-electron chi connectivity index (χ4n) is 3.50. The molecule has 1 atom stereocenters. The Bertz CT molecular complexity index is 786. The maximum atomic E-state index is 12.3. The van der Waals surface area contributed by atoms with Crippen LogP contribution in [0.2, 0.25) is 0 Å². The van der Waals surface area contributed by atoms with E-state index in [1.54, 1.807) is 0 Å². The first-order valence-corrected chi connectivity index (χ1v) is 10.1. The predicted molar refractivity (Wildman–Crippen MR) is 111 cm³/mol. The molecule has 0 unspecified atom stereocenters. The number of benzene rings is 2. The molecule has 0 aliphatic carbocycles. The second-order valence-electron chi connectivity index (χ2n) is 7.48. The van der Waals surface area contributed by atoms with Gasteiger partial charge in [0.05, 0.1) is 0 Å². The van der Waals surface area contributed by atoms with Gasteiger partial charge in [0.2, 0.25) is 5.91 Å². The van der Waals surface area contributed by atoms with Crippen LogP contribution in [-0.4, -0.2) is 36.1 Å². The van der Waals surface area contributed by atoms with E-state index in [-0.39, 0.29) is 12.3 Å². The molecule has 1 heterocycles. The van der Waals surface area contributed by atoms with Crippen molar-refractivity contribution in [1.82, 2.24) is 10.6 Å². The lowest BCUT2D eigenvalue weighted by molar-refractivity contribution is -0.142. The number of aliphatic carboxylic acids is 1. The van der Waals surface area contributed by atoms with Gasteiger partial charge in [0.25, 0.3) is 0 Å². The Morgan fingerprint density at radius 1 is 1.03 bits per heavy atom. The lowest BCUT2D eigenvalue weighted by Crippen LogP contribution is -2.43. The molecule has 0 radical (unpaired) electrons. The van der Waals surface area contributed by atoms with Crippen LogP contribution in [0.15, 0.2) is 54.6 Å². The molecule has 1 fully saturated rings. The Balaban J connectivity index is 1.50. The number of amides is 1. The van der Waals surface area contributed by atoms with Crippen LogP contribution in [0.4, 0.5) is 0 Å². The van der Waals surface area contributed by atoms with Crippen LogP contribution in [0.1, 0.15) is 30.4 Å². The molecule has 3 N–H and O–H groups in total. The van der Waals surface area contributed by atoms with Crippen molar-refractivity contribution >= 4 is 11.9 Å². The average molecular weight is 396 g/mol. The summed E-state index contributed by atoms with van der Waals surface area (Å²) in [5, 5.41) is 15.5. The topological polar surface area (TPSA) is 87.7 Å². The minimum Gasteiger partial charge on any atom is -0.489 e. The van der Waals surface area contributed by atoms with E-state index < -0.39 is 12.0 Å². The molecular weight excluding hydrogens is 368 g/mol. The first-order valence-electron chi connectivity index (χ1n) is 10.1. The number of hydrogen-bond acceptors (Lipinski definition) is 4. The van der Waals surface area contributed by atoms with Crippen molar-refractivity contribution in [3.05, 3.63) is 65.7 Å². The lowest BCUT2D eigenvalue weighted by atomic mass is 9.94. The second kappa shape index (κ2) is 10.6. The number of rotatable bonds is 9. The summed E-state index contributed by atoms with van der Waals surface area (Å²) in [7, 11) is 0. The smallest absolute Gasteiger partial charge is 0.326 e. The van der Waals surface area contributed by atoms with Crippen LogP contribution < -0.4 is 15.4 Å². The van der Waals surface area contributed by atoms with Crippen molar-refractivity contribution in [2.45, 2.75) is 38.3 Å². The zero-order chi connectivity index (χ0) is 20.5. The van der Waals surface area contributed by atoms with Gasteiger partial charge < -0.3 is 20.5 Å². The fraction of sp³-hybridized carbons (Fsp3) is 0.391. The molecule has 1 aliphatic heterocycles.